The lowest BCUT2D eigenvalue weighted by atomic mass is 9.84. The predicted octanol–water partition coefficient (Wildman–Crippen LogP) is 5.49. The first kappa shape index (κ1) is 75.4. The lowest BCUT2D eigenvalue weighted by molar-refractivity contribution is -0.360. The van der Waals surface area contributed by atoms with Crippen LogP contribution in [0.2, 0.25) is 0 Å². The molecule has 0 amide bonds. The summed E-state index contributed by atoms with van der Waals surface area (Å²) >= 11 is 0. The lowest BCUT2D eigenvalue weighted by Crippen LogP contribution is -2.69. The van der Waals surface area contributed by atoms with Crippen molar-refractivity contribution in [3.8, 4) is 0 Å². The van der Waals surface area contributed by atoms with Crippen molar-refractivity contribution in [2.75, 3.05) is 26.4 Å². The fraction of sp³-hybridized carbons (Fsp3) is 0.932. The van der Waals surface area contributed by atoms with Crippen LogP contribution in [0.3, 0.4) is 0 Å². The van der Waals surface area contributed by atoms with Crippen LogP contribution in [0.4, 0.5) is 0 Å². The quantitative estimate of drug-likeness (QED) is 0.0155. The molecule has 0 radical (unpaired) electrons. The van der Waals surface area contributed by atoms with E-state index >= 15 is 0 Å². The number of ether oxygens (including phenoxy) is 6. The van der Waals surface area contributed by atoms with E-state index in [0.29, 0.717) is 12.8 Å². The molecule has 2 aliphatic heterocycles. The molecular formula is C59H109O23P. The molecule has 23 nitrogen and oxygen atoms in total. The standard InChI is InChI=1S/C59H109O23P/c1-3-5-7-9-11-13-15-17-19-20-22-24-26-28-30-32-34-36-45(63)77-41(39-75-44(62)35-33-31-29-27-25-23-21-18-16-14-12-10-8-6-4-2)40-76-83(73,74)82-57-55(80-58-53(71)48(66)46(64)42(37-60)78-58)51(69)50(68)52(70)56(57)81-59-54(72)49(67)47(65)43(38-61)79-59/h14,16,41-43,46-61,64-72H,3-13,15,17-40H2,1-2H3,(H,73,74). The molecule has 2 saturated heterocycles. The first-order valence-corrected chi connectivity index (χ1v) is 33.0. The summed E-state index contributed by atoms with van der Waals surface area (Å²) in [6.07, 6.45) is 3.14. The Morgan fingerprint density at radius 1 is 0.446 bits per heavy atom. The SMILES string of the molecule is CCCCCCC=CCCCCCCCCCC(=O)OCC(COP(=O)(O)OC1C(OC2OC(CO)C(O)C(O)C2O)C(O)C(O)C(O)C1OC1OC(CO)C(O)C(O)C1O)OC(=O)CCCCCCCCCCCCCCCCCCC. The molecule has 2 heterocycles. The van der Waals surface area contributed by atoms with E-state index in [1.54, 1.807) is 0 Å². The molecule has 1 saturated carbocycles. The Morgan fingerprint density at radius 2 is 0.795 bits per heavy atom. The third-order valence-electron chi connectivity index (χ3n) is 15.8. The summed E-state index contributed by atoms with van der Waals surface area (Å²) in [5, 5.41) is 117. The number of unbranched alkanes of at least 4 members (excludes halogenated alkanes) is 27. The van der Waals surface area contributed by atoms with E-state index in [4.69, 9.17) is 37.5 Å². The molecule has 0 aromatic heterocycles. The van der Waals surface area contributed by atoms with Crippen LogP contribution in [-0.4, -0.2) is 204 Å². The molecule has 24 heteroatoms. The van der Waals surface area contributed by atoms with Crippen LogP contribution in [-0.2, 0) is 51.6 Å². The summed E-state index contributed by atoms with van der Waals surface area (Å²) in [6, 6.07) is 0. The maximum absolute atomic E-state index is 14.1. The number of phosphoric acid groups is 1. The Labute approximate surface area is 493 Å². The van der Waals surface area contributed by atoms with Crippen LogP contribution >= 0.6 is 7.82 Å². The highest BCUT2D eigenvalue weighted by molar-refractivity contribution is 7.47. The van der Waals surface area contributed by atoms with Gasteiger partial charge in [-0.25, -0.2) is 4.57 Å². The topological polar surface area (TPSA) is 368 Å². The second-order valence-electron chi connectivity index (χ2n) is 22.9. The van der Waals surface area contributed by atoms with Gasteiger partial charge < -0.3 is 89.5 Å². The van der Waals surface area contributed by atoms with Crippen molar-refractivity contribution >= 4 is 19.8 Å². The smallest absolute Gasteiger partial charge is 0.462 e. The summed E-state index contributed by atoms with van der Waals surface area (Å²) in [6.45, 7) is 1.03. The fourth-order valence-corrected chi connectivity index (χ4v) is 11.5. The van der Waals surface area contributed by atoms with Crippen molar-refractivity contribution in [3.05, 3.63) is 12.2 Å². The van der Waals surface area contributed by atoms with Crippen LogP contribution in [0.1, 0.15) is 219 Å². The van der Waals surface area contributed by atoms with Crippen LogP contribution in [0.15, 0.2) is 12.2 Å². The van der Waals surface area contributed by atoms with E-state index in [2.05, 4.69) is 26.0 Å². The molecule has 0 spiro atoms. The molecule has 16 atom stereocenters. The van der Waals surface area contributed by atoms with Crippen molar-refractivity contribution in [1.82, 2.24) is 0 Å². The van der Waals surface area contributed by atoms with Gasteiger partial charge in [0, 0.05) is 12.8 Å². The number of carbonyl (C=O) groups is 2. The second-order valence-corrected chi connectivity index (χ2v) is 24.3. The molecule has 0 aromatic rings. The largest absolute Gasteiger partial charge is 0.472 e. The van der Waals surface area contributed by atoms with Gasteiger partial charge in [-0.2, -0.15) is 0 Å². The Morgan fingerprint density at radius 3 is 1.19 bits per heavy atom. The Bertz CT molecular complexity index is 1700. The summed E-state index contributed by atoms with van der Waals surface area (Å²) in [5.74, 6) is -1.33. The second kappa shape index (κ2) is 43.8. The number of phosphoric ester groups is 1. The van der Waals surface area contributed by atoms with E-state index in [1.807, 2.05) is 0 Å². The molecule has 16 unspecified atom stereocenters. The molecule has 0 aromatic carbocycles. The molecule has 3 aliphatic rings. The van der Waals surface area contributed by atoms with E-state index in [1.165, 1.54) is 96.3 Å². The van der Waals surface area contributed by atoms with Gasteiger partial charge >= 0.3 is 19.8 Å². The van der Waals surface area contributed by atoms with Crippen LogP contribution in [0, 0.1) is 0 Å². The van der Waals surface area contributed by atoms with Gasteiger partial charge in [0.15, 0.2) is 18.7 Å². The Kier molecular flexibility index (Phi) is 39.8. The van der Waals surface area contributed by atoms with Crippen LogP contribution in [0.25, 0.3) is 0 Å². The molecule has 83 heavy (non-hydrogen) atoms. The van der Waals surface area contributed by atoms with Gasteiger partial charge in [0.2, 0.25) is 0 Å². The van der Waals surface area contributed by atoms with Gasteiger partial charge in [-0.15, -0.1) is 0 Å². The van der Waals surface area contributed by atoms with Crippen molar-refractivity contribution in [1.29, 1.82) is 0 Å². The van der Waals surface area contributed by atoms with Crippen molar-refractivity contribution < 1.29 is 113 Å². The third kappa shape index (κ3) is 28.9. The number of rotatable bonds is 47. The van der Waals surface area contributed by atoms with Gasteiger partial charge in [-0.05, 0) is 38.5 Å². The number of carbonyl (C=O) groups excluding carboxylic acids is 2. The minimum absolute atomic E-state index is 0.0275. The van der Waals surface area contributed by atoms with E-state index < -0.39 is 150 Å². The highest BCUT2D eigenvalue weighted by Gasteiger charge is 2.58. The molecule has 3 fully saturated rings. The van der Waals surface area contributed by atoms with Gasteiger partial charge in [-0.1, -0.05) is 180 Å². The Balaban J connectivity index is 1.66. The summed E-state index contributed by atoms with van der Waals surface area (Å²) in [5.41, 5.74) is 0. The zero-order valence-electron chi connectivity index (χ0n) is 49.7. The molecule has 3 rings (SSSR count). The normalized spacial score (nSPS) is 30.6. The molecule has 488 valence electrons. The van der Waals surface area contributed by atoms with E-state index in [9.17, 15) is 75.2 Å². The predicted molar refractivity (Wildman–Crippen MR) is 305 cm³/mol. The molecule has 0 bridgehead atoms. The fourth-order valence-electron chi connectivity index (χ4n) is 10.6. The lowest BCUT2D eigenvalue weighted by Gasteiger charge is -2.49. The van der Waals surface area contributed by atoms with Gasteiger partial charge in [-0.3, -0.25) is 18.6 Å². The molecule has 1 aliphatic carbocycles. The average Bonchev–Trinajstić information content (AvgIpc) is 3.45. The van der Waals surface area contributed by atoms with Crippen molar-refractivity contribution in [2.45, 2.75) is 323 Å². The van der Waals surface area contributed by atoms with Crippen LogP contribution in [0.5, 0.6) is 0 Å². The van der Waals surface area contributed by atoms with Crippen molar-refractivity contribution in [3.63, 3.8) is 0 Å². The first-order chi connectivity index (χ1) is 39.9. The number of hydrogen-bond acceptors (Lipinski definition) is 22. The van der Waals surface area contributed by atoms with Gasteiger partial charge in [0.1, 0.15) is 92.1 Å². The zero-order chi connectivity index (χ0) is 61.0. The van der Waals surface area contributed by atoms with E-state index in [-0.39, 0.29) is 12.8 Å². The minimum Gasteiger partial charge on any atom is -0.462 e. The Hall–Kier alpha value is -1.81. The van der Waals surface area contributed by atoms with E-state index in [0.717, 1.165) is 83.5 Å². The third-order valence-corrected chi connectivity index (χ3v) is 16.8. The van der Waals surface area contributed by atoms with Crippen LogP contribution < -0.4 is 0 Å². The highest BCUT2D eigenvalue weighted by Crippen LogP contribution is 2.49. The monoisotopic (exact) mass is 1220 g/mol. The van der Waals surface area contributed by atoms with Gasteiger partial charge in [0.25, 0.3) is 0 Å². The van der Waals surface area contributed by atoms with Gasteiger partial charge in [0.05, 0.1) is 19.8 Å². The zero-order valence-corrected chi connectivity index (χ0v) is 50.6. The average molecular weight is 1220 g/mol. The number of hydrogen-bond donors (Lipinski definition) is 12. The first-order valence-electron chi connectivity index (χ1n) is 31.5. The minimum atomic E-state index is -5.64. The number of aliphatic hydroxyl groups excluding tert-OH is 11. The molecular weight excluding hydrogens is 1110 g/mol. The maximum atomic E-state index is 14.1. The maximum Gasteiger partial charge on any atom is 0.472 e. The molecule has 12 N–H and O–H groups in total. The summed E-state index contributed by atoms with van der Waals surface area (Å²) < 4.78 is 58.2. The number of aliphatic hydroxyl groups is 11. The van der Waals surface area contributed by atoms with Crippen molar-refractivity contribution in [2.24, 2.45) is 0 Å². The summed E-state index contributed by atoms with van der Waals surface area (Å²) in [7, 11) is -5.64. The summed E-state index contributed by atoms with van der Waals surface area (Å²) in [4.78, 5) is 37.6. The number of esters is 2. The number of allylic oxidation sites excluding steroid dienone is 2. The highest BCUT2D eigenvalue weighted by atomic mass is 31.2.